The lowest BCUT2D eigenvalue weighted by Gasteiger charge is -2.34. The summed E-state index contributed by atoms with van der Waals surface area (Å²) in [4.78, 5) is 4.40. The van der Waals surface area contributed by atoms with Crippen LogP contribution in [0.3, 0.4) is 0 Å². The van der Waals surface area contributed by atoms with Gasteiger partial charge in [-0.05, 0) is 32.9 Å². The molecule has 0 amide bonds. The second kappa shape index (κ2) is 6.13. The molecule has 0 aliphatic carbocycles. The molecule has 1 heterocycles. The van der Waals surface area contributed by atoms with Gasteiger partial charge in [0.15, 0.2) is 0 Å². The van der Waals surface area contributed by atoms with E-state index in [1.807, 2.05) is 32.0 Å². The summed E-state index contributed by atoms with van der Waals surface area (Å²) >= 11 is 0. The lowest BCUT2D eigenvalue weighted by molar-refractivity contribution is -0.0917. The summed E-state index contributed by atoms with van der Waals surface area (Å²) in [5.74, 6) is 0. The lowest BCUT2D eigenvalue weighted by Crippen LogP contribution is -2.43. The van der Waals surface area contributed by atoms with Gasteiger partial charge in [-0.1, -0.05) is 6.07 Å². The van der Waals surface area contributed by atoms with Gasteiger partial charge in [-0.2, -0.15) is 0 Å². The highest BCUT2D eigenvalue weighted by Gasteiger charge is 2.35. The average molecular weight is 239 g/mol. The molecule has 16 heavy (non-hydrogen) atoms. The molecule has 3 nitrogen and oxygen atoms in total. The Bertz CT molecular complexity index is 307. The molecule has 2 atom stereocenters. The third-order valence-electron chi connectivity index (χ3n) is 2.81. The van der Waals surface area contributed by atoms with Gasteiger partial charge < -0.3 is 9.47 Å². The van der Waals surface area contributed by atoms with Crippen molar-refractivity contribution in [1.29, 1.82) is 0 Å². The van der Waals surface area contributed by atoms with Crippen LogP contribution in [0.4, 0.5) is 0 Å². The Morgan fingerprint density at radius 2 is 2.12 bits per heavy atom. The van der Waals surface area contributed by atoms with Crippen molar-refractivity contribution in [2.24, 2.45) is 0 Å². The molecule has 1 aromatic heterocycles. The Morgan fingerprint density at radius 3 is 2.62 bits per heavy atom. The molecule has 0 radical (unpaired) electrons. The smallest absolute Gasteiger partial charge is 0.114 e. The fourth-order valence-electron chi connectivity index (χ4n) is 1.76. The van der Waals surface area contributed by atoms with Crippen molar-refractivity contribution in [1.82, 2.24) is 4.98 Å². The van der Waals surface area contributed by atoms with Crippen LogP contribution in [0, 0.1) is 0 Å². The largest absolute Gasteiger partial charge is 0.376 e. The first kappa shape index (κ1) is 13.4. The number of rotatable bonds is 6. The van der Waals surface area contributed by atoms with Gasteiger partial charge in [0.25, 0.3) is 0 Å². The van der Waals surface area contributed by atoms with Gasteiger partial charge in [0.1, 0.15) is 5.22 Å². The van der Waals surface area contributed by atoms with E-state index in [0.717, 1.165) is 15.9 Å². The topological polar surface area (TPSA) is 31.4 Å². The highest BCUT2D eigenvalue weighted by atomic mass is 28.1. The van der Waals surface area contributed by atoms with Crippen LogP contribution in [-0.4, -0.2) is 34.5 Å². The lowest BCUT2D eigenvalue weighted by atomic mass is 10.1. The van der Waals surface area contributed by atoms with E-state index < -0.39 is 0 Å². The molecule has 0 bridgehead atoms. The van der Waals surface area contributed by atoms with Crippen LogP contribution in [0.1, 0.15) is 26.5 Å². The Kier molecular flexibility index (Phi) is 5.11. The van der Waals surface area contributed by atoms with E-state index in [-0.39, 0.29) is 11.3 Å². The summed E-state index contributed by atoms with van der Waals surface area (Å²) in [5, 5.41) is -0.341. The van der Waals surface area contributed by atoms with Crippen molar-refractivity contribution in [2.45, 2.75) is 32.1 Å². The molecule has 1 rings (SSSR count). The van der Waals surface area contributed by atoms with Gasteiger partial charge in [-0.15, -0.1) is 0 Å². The summed E-state index contributed by atoms with van der Waals surface area (Å²) in [5.41, 5.74) is 0.976. The van der Waals surface area contributed by atoms with E-state index in [1.165, 1.54) is 0 Å². The molecule has 2 unspecified atom stereocenters. The zero-order chi connectivity index (χ0) is 12.0. The van der Waals surface area contributed by atoms with Gasteiger partial charge in [-0.25, -0.2) is 0 Å². The molecule has 0 saturated carbocycles. The highest BCUT2D eigenvalue weighted by Crippen LogP contribution is 2.26. The standard InChI is InChI=1S/C12H21NO2Si/c1-4-14-10(3)12(16,15-5-2)11-8-6-7-9-13-11/h6-10H,4-5H2,1-3,16H3. The maximum atomic E-state index is 5.90. The number of hydrogen-bond donors (Lipinski definition) is 0. The molecule has 0 saturated heterocycles. The van der Waals surface area contributed by atoms with Crippen LogP contribution >= 0.6 is 0 Å². The quantitative estimate of drug-likeness (QED) is 0.696. The molecular weight excluding hydrogens is 218 g/mol. The highest BCUT2D eigenvalue weighted by molar-refractivity contribution is 6.15. The summed E-state index contributed by atoms with van der Waals surface area (Å²) in [6.07, 6.45) is 1.85. The minimum absolute atomic E-state index is 0.0408. The molecule has 90 valence electrons. The maximum absolute atomic E-state index is 5.90. The fraction of sp³-hybridized carbons (Fsp3) is 0.583. The van der Waals surface area contributed by atoms with Crippen LogP contribution in [-0.2, 0) is 14.7 Å². The maximum Gasteiger partial charge on any atom is 0.114 e. The van der Waals surface area contributed by atoms with Crippen molar-refractivity contribution in [3.8, 4) is 0 Å². The van der Waals surface area contributed by atoms with Crippen LogP contribution < -0.4 is 0 Å². The summed E-state index contributed by atoms with van der Waals surface area (Å²) in [6.45, 7) is 7.44. The van der Waals surface area contributed by atoms with Crippen LogP contribution in [0.5, 0.6) is 0 Å². The van der Waals surface area contributed by atoms with Crippen LogP contribution in [0.2, 0.25) is 0 Å². The van der Waals surface area contributed by atoms with E-state index in [4.69, 9.17) is 9.47 Å². The first-order chi connectivity index (χ1) is 7.65. The van der Waals surface area contributed by atoms with E-state index in [9.17, 15) is 0 Å². The van der Waals surface area contributed by atoms with Crippen LogP contribution in [0.25, 0.3) is 0 Å². The van der Waals surface area contributed by atoms with Gasteiger partial charge in [0.05, 0.1) is 22.0 Å². The minimum atomic E-state index is -0.341. The van der Waals surface area contributed by atoms with Crippen molar-refractivity contribution in [3.63, 3.8) is 0 Å². The predicted octanol–water partition coefficient (Wildman–Crippen LogP) is 1.06. The monoisotopic (exact) mass is 239 g/mol. The zero-order valence-corrected chi connectivity index (χ0v) is 12.6. The molecular formula is C12H21NO2Si. The molecule has 0 aliphatic rings. The second-order valence-electron chi connectivity index (χ2n) is 3.85. The van der Waals surface area contributed by atoms with Gasteiger partial charge in [0, 0.05) is 19.4 Å². The van der Waals surface area contributed by atoms with Crippen molar-refractivity contribution in [3.05, 3.63) is 30.1 Å². The fourth-order valence-corrected chi connectivity index (χ4v) is 2.52. The third-order valence-corrected chi connectivity index (χ3v) is 4.42. The normalized spacial score (nSPS) is 16.9. The number of aromatic nitrogens is 1. The Balaban J connectivity index is 2.96. The number of hydrogen-bond acceptors (Lipinski definition) is 3. The molecule has 0 aromatic carbocycles. The zero-order valence-electron chi connectivity index (χ0n) is 10.6. The Hall–Kier alpha value is -0.713. The number of pyridine rings is 1. The first-order valence-corrected chi connectivity index (χ1v) is 6.82. The van der Waals surface area contributed by atoms with E-state index in [0.29, 0.717) is 13.2 Å². The van der Waals surface area contributed by atoms with Crippen molar-refractivity contribution < 1.29 is 9.47 Å². The second-order valence-corrected chi connectivity index (χ2v) is 5.34. The average Bonchev–Trinajstić information content (AvgIpc) is 2.30. The predicted molar refractivity (Wildman–Crippen MR) is 68.6 cm³/mol. The summed E-state index contributed by atoms with van der Waals surface area (Å²) in [7, 11) is 0.854. The molecule has 0 aliphatic heterocycles. The Labute approximate surface area is 101 Å². The van der Waals surface area contributed by atoms with E-state index in [2.05, 4.69) is 11.9 Å². The summed E-state index contributed by atoms with van der Waals surface area (Å²) < 4.78 is 11.6. The molecule has 1 aromatic rings. The van der Waals surface area contributed by atoms with Crippen molar-refractivity contribution in [2.75, 3.05) is 13.2 Å². The number of ether oxygens (including phenoxy) is 2. The van der Waals surface area contributed by atoms with Gasteiger partial charge >= 0.3 is 0 Å². The summed E-state index contributed by atoms with van der Waals surface area (Å²) in [6, 6.07) is 5.92. The SMILES string of the molecule is CCOC(C)C([SiH3])(OCC)c1ccccn1. The van der Waals surface area contributed by atoms with Gasteiger partial charge in [0.2, 0.25) is 0 Å². The molecule has 0 fully saturated rings. The number of nitrogens with zero attached hydrogens (tertiary/aromatic N) is 1. The molecule has 0 spiro atoms. The Morgan fingerprint density at radius 1 is 1.38 bits per heavy atom. The van der Waals surface area contributed by atoms with Gasteiger partial charge in [-0.3, -0.25) is 4.98 Å². The minimum Gasteiger partial charge on any atom is -0.376 e. The molecule has 4 heteroatoms. The van der Waals surface area contributed by atoms with Crippen LogP contribution in [0.15, 0.2) is 24.4 Å². The van der Waals surface area contributed by atoms with E-state index >= 15 is 0 Å². The third kappa shape index (κ3) is 2.90. The first-order valence-electron chi connectivity index (χ1n) is 5.82. The van der Waals surface area contributed by atoms with Crippen molar-refractivity contribution >= 4 is 10.2 Å². The van der Waals surface area contributed by atoms with E-state index in [1.54, 1.807) is 6.20 Å². The molecule has 0 N–H and O–H groups in total.